The van der Waals surface area contributed by atoms with Crippen molar-refractivity contribution in [1.82, 2.24) is 10.1 Å². The van der Waals surface area contributed by atoms with Crippen molar-refractivity contribution in [1.29, 1.82) is 0 Å². The van der Waals surface area contributed by atoms with Gasteiger partial charge in [0, 0.05) is 31.1 Å². The van der Waals surface area contributed by atoms with Gasteiger partial charge < -0.3 is 9.42 Å². The summed E-state index contributed by atoms with van der Waals surface area (Å²) in [5, 5.41) is 6.65. The molecule has 1 saturated heterocycles. The number of rotatable bonds is 3. The summed E-state index contributed by atoms with van der Waals surface area (Å²) in [6.07, 6.45) is 2.65. The summed E-state index contributed by atoms with van der Waals surface area (Å²) in [6.45, 7) is 7.68. The Kier molecular flexibility index (Phi) is 5.54. The van der Waals surface area contributed by atoms with Crippen molar-refractivity contribution in [3.05, 3.63) is 52.3 Å². The number of nitrogens with one attached hydrogen (secondary N) is 1. The lowest BCUT2D eigenvalue weighted by Crippen LogP contribution is -2.42. The van der Waals surface area contributed by atoms with Crippen LogP contribution in [0.1, 0.15) is 42.7 Å². The normalized spacial score (nSPS) is 19.1. The molecule has 0 aliphatic carbocycles. The SMILES string of the molecule is Cc1onc(NC(=O)N2CC/C(=C\c3cccc(C(C)(F)F)c3)C(C)C2)c1C. The molecule has 150 valence electrons. The highest BCUT2D eigenvalue weighted by molar-refractivity contribution is 5.89. The Morgan fingerprint density at radius 2 is 2.14 bits per heavy atom. The van der Waals surface area contributed by atoms with Gasteiger partial charge in [0.15, 0.2) is 5.82 Å². The van der Waals surface area contributed by atoms with Crippen molar-refractivity contribution in [2.75, 3.05) is 18.4 Å². The number of hydrogen-bond donors (Lipinski definition) is 1. The largest absolute Gasteiger partial charge is 0.359 e. The molecule has 2 aromatic rings. The number of urea groups is 1. The van der Waals surface area contributed by atoms with E-state index < -0.39 is 5.92 Å². The van der Waals surface area contributed by atoms with E-state index >= 15 is 0 Å². The van der Waals surface area contributed by atoms with Crippen LogP contribution in [0.3, 0.4) is 0 Å². The lowest BCUT2D eigenvalue weighted by atomic mass is 9.91. The molecule has 7 heteroatoms. The lowest BCUT2D eigenvalue weighted by Gasteiger charge is -2.33. The van der Waals surface area contributed by atoms with E-state index in [1.54, 1.807) is 17.9 Å². The van der Waals surface area contributed by atoms with Crippen LogP contribution in [-0.4, -0.2) is 29.2 Å². The number of nitrogens with zero attached hydrogens (tertiary/aromatic N) is 2. The van der Waals surface area contributed by atoms with Crippen molar-refractivity contribution in [3.63, 3.8) is 0 Å². The fourth-order valence-electron chi connectivity index (χ4n) is 3.28. The van der Waals surface area contributed by atoms with Crippen LogP contribution in [0.15, 0.2) is 34.4 Å². The van der Waals surface area contributed by atoms with Crippen LogP contribution in [-0.2, 0) is 5.92 Å². The van der Waals surface area contributed by atoms with Gasteiger partial charge in [0.2, 0.25) is 0 Å². The van der Waals surface area contributed by atoms with E-state index in [1.807, 2.05) is 26.0 Å². The number of aromatic nitrogens is 1. The van der Waals surface area contributed by atoms with Crippen LogP contribution in [0.2, 0.25) is 0 Å². The van der Waals surface area contributed by atoms with Crippen molar-refractivity contribution in [3.8, 4) is 0 Å². The molecule has 1 aliphatic heterocycles. The molecule has 28 heavy (non-hydrogen) atoms. The Balaban J connectivity index is 1.67. The zero-order valence-corrected chi connectivity index (χ0v) is 16.6. The molecule has 1 aromatic heterocycles. The van der Waals surface area contributed by atoms with Gasteiger partial charge in [-0.25, -0.2) is 13.6 Å². The number of likely N-dealkylation sites (tertiary alicyclic amines) is 1. The molecule has 1 unspecified atom stereocenters. The summed E-state index contributed by atoms with van der Waals surface area (Å²) in [6, 6.07) is 6.22. The molecule has 0 bridgehead atoms. The quantitative estimate of drug-likeness (QED) is 0.769. The minimum Gasteiger partial charge on any atom is -0.359 e. The second-order valence-electron chi connectivity index (χ2n) is 7.47. The molecule has 2 amide bonds. The molecular formula is C21H25F2N3O2. The molecule has 5 nitrogen and oxygen atoms in total. The second kappa shape index (κ2) is 7.73. The Morgan fingerprint density at radius 1 is 1.39 bits per heavy atom. The monoisotopic (exact) mass is 389 g/mol. The number of piperidine rings is 1. The van der Waals surface area contributed by atoms with Gasteiger partial charge in [-0.15, -0.1) is 0 Å². The first-order valence-electron chi connectivity index (χ1n) is 9.33. The molecule has 1 aromatic carbocycles. The summed E-state index contributed by atoms with van der Waals surface area (Å²) < 4.78 is 32.2. The number of anilines is 1. The van der Waals surface area contributed by atoms with Crippen molar-refractivity contribution in [2.45, 2.75) is 40.0 Å². The number of amides is 2. The number of aryl methyl sites for hydroxylation is 1. The summed E-state index contributed by atoms with van der Waals surface area (Å²) in [4.78, 5) is 14.3. The molecule has 0 spiro atoms. The maximum atomic E-state index is 13.6. The second-order valence-corrected chi connectivity index (χ2v) is 7.47. The summed E-state index contributed by atoms with van der Waals surface area (Å²) >= 11 is 0. The topological polar surface area (TPSA) is 58.4 Å². The number of alkyl halides is 2. The van der Waals surface area contributed by atoms with Crippen molar-refractivity contribution >= 4 is 17.9 Å². The average molecular weight is 389 g/mol. The number of carbonyl (C=O) groups is 1. The van der Waals surface area contributed by atoms with E-state index in [2.05, 4.69) is 10.5 Å². The highest BCUT2D eigenvalue weighted by Gasteiger charge is 2.26. The third-order valence-corrected chi connectivity index (χ3v) is 5.21. The summed E-state index contributed by atoms with van der Waals surface area (Å²) in [7, 11) is 0. The summed E-state index contributed by atoms with van der Waals surface area (Å²) in [5.41, 5.74) is 2.72. The van der Waals surface area contributed by atoms with E-state index in [9.17, 15) is 13.6 Å². The van der Waals surface area contributed by atoms with E-state index in [0.29, 0.717) is 31.1 Å². The lowest BCUT2D eigenvalue weighted by molar-refractivity contribution is 0.0174. The molecule has 1 fully saturated rings. The van der Waals surface area contributed by atoms with Crippen LogP contribution in [0.25, 0.3) is 6.08 Å². The van der Waals surface area contributed by atoms with E-state index in [1.165, 1.54) is 12.1 Å². The predicted molar refractivity (Wildman–Crippen MR) is 104 cm³/mol. The van der Waals surface area contributed by atoms with Crippen molar-refractivity contribution in [2.24, 2.45) is 5.92 Å². The van der Waals surface area contributed by atoms with Gasteiger partial charge >= 0.3 is 6.03 Å². The van der Waals surface area contributed by atoms with Crippen LogP contribution < -0.4 is 5.32 Å². The third-order valence-electron chi connectivity index (χ3n) is 5.21. The fourth-order valence-corrected chi connectivity index (χ4v) is 3.28. The maximum Gasteiger partial charge on any atom is 0.323 e. The van der Waals surface area contributed by atoms with Crippen LogP contribution >= 0.6 is 0 Å². The van der Waals surface area contributed by atoms with Gasteiger partial charge in [0.05, 0.1) is 0 Å². The number of carbonyl (C=O) groups excluding carboxylic acids is 1. The number of halogens is 2. The third kappa shape index (κ3) is 4.40. The maximum absolute atomic E-state index is 13.6. The zero-order valence-electron chi connectivity index (χ0n) is 16.6. The minimum atomic E-state index is -2.86. The zero-order chi connectivity index (χ0) is 20.5. The van der Waals surface area contributed by atoms with Gasteiger partial charge in [-0.2, -0.15) is 0 Å². The minimum absolute atomic E-state index is 0.00425. The molecule has 1 aliphatic rings. The Bertz CT molecular complexity index is 899. The van der Waals surface area contributed by atoms with Gasteiger partial charge in [0.25, 0.3) is 5.92 Å². The number of hydrogen-bond acceptors (Lipinski definition) is 3. The highest BCUT2D eigenvalue weighted by Crippen LogP contribution is 2.30. The van der Waals surface area contributed by atoms with Gasteiger partial charge in [0.1, 0.15) is 5.76 Å². The van der Waals surface area contributed by atoms with Gasteiger partial charge in [-0.05, 0) is 37.8 Å². The molecule has 0 radical (unpaired) electrons. The molecule has 2 heterocycles. The molecule has 1 atom stereocenters. The van der Waals surface area contributed by atoms with Crippen molar-refractivity contribution < 1.29 is 18.1 Å². The first-order valence-corrected chi connectivity index (χ1v) is 9.33. The van der Waals surface area contributed by atoms with Crippen LogP contribution in [0, 0.1) is 19.8 Å². The predicted octanol–water partition coefficient (Wildman–Crippen LogP) is 5.36. The van der Waals surface area contributed by atoms with Gasteiger partial charge in [-0.1, -0.05) is 41.9 Å². The first kappa shape index (κ1) is 20.0. The number of benzene rings is 1. The Labute approximate surface area is 163 Å². The summed E-state index contributed by atoms with van der Waals surface area (Å²) in [5.74, 6) is -1.62. The molecule has 1 N–H and O–H groups in total. The van der Waals surface area contributed by atoms with Crippen LogP contribution in [0.4, 0.5) is 19.4 Å². The Morgan fingerprint density at radius 3 is 2.75 bits per heavy atom. The first-order chi connectivity index (χ1) is 13.1. The van der Waals surface area contributed by atoms with Crippen LogP contribution in [0.5, 0.6) is 0 Å². The highest BCUT2D eigenvalue weighted by atomic mass is 19.3. The standard InChI is InChI=1S/C21H25F2N3O2/c1-13-12-26(20(27)24-19-14(2)15(3)28-25-19)9-8-17(13)10-16-6-5-7-18(11-16)21(4,22)23/h5-7,10-11,13H,8-9,12H2,1-4H3,(H,24,25,27)/b17-10+. The molecule has 0 saturated carbocycles. The molecular weight excluding hydrogens is 364 g/mol. The Hall–Kier alpha value is -2.70. The van der Waals surface area contributed by atoms with E-state index in [-0.39, 0.29) is 17.5 Å². The van der Waals surface area contributed by atoms with Gasteiger partial charge in [-0.3, -0.25) is 5.32 Å². The van der Waals surface area contributed by atoms with E-state index in [0.717, 1.165) is 23.6 Å². The smallest absolute Gasteiger partial charge is 0.323 e. The fraction of sp³-hybridized carbons (Fsp3) is 0.429. The van der Waals surface area contributed by atoms with E-state index in [4.69, 9.17) is 4.52 Å². The molecule has 3 rings (SSSR count). The average Bonchev–Trinajstić information content (AvgIpc) is 2.95.